The van der Waals surface area contributed by atoms with Crippen LogP contribution in [0.4, 0.5) is 15.8 Å². The van der Waals surface area contributed by atoms with Crippen LogP contribution in [0.15, 0.2) is 108 Å². The maximum atomic E-state index is 14.4. The van der Waals surface area contributed by atoms with Gasteiger partial charge in [0.1, 0.15) is 11.5 Å². The molecule has 0 heterocycles. The molecule has 8 heteroatoms. The lowest BCUT2D eigenvalue weighted by molar-refractivity contribution is -0.115. The molecule has 4 rings (SSSR count). The van der Waals surface area contributed by atoms with Gasteiger partial charge in [-0.1, -0.05) is 60.2 Å². The first-order valence-electron chi connectivity index (χ1n) is 13.0. The number of aryl methyl sites for hydroxylation is 2. The van der Waals surface area contributed by atoms with Crippen LogP contribution in [-0.2, 0) is 9.59 Å². The number of hydrogen-bond acceptors (Lipinski definition) is 4. The molecule has 0 radical (unpaired) electrons. The van der Waals surface area contributed by atoms with Gasteiger partial charge in [-0.2, -0.15) is 0 Å². The second kappa shape index (κ2) is 13.6. The maximum absolute atomic E-state index is 14.4. The minimum Gasteiger partial charge on any atom is -0.325 e. The zero-order chi connectivity index (χ0) is 29.4. The molecule has 1 unspecified atom stereocenters. The van der Waals surface area contributed by atoms with Crippen molar-refractivity contribution in [2.24, 2.45) is 0 Å². The molecule has 0 aliphatic rings. The molecule has 208 valence electrons. The Kier molecular flexibility index (Phi) is 9.71. The SMILES string of the molecule is Cc1ccc(NC(=O)C(C)Sc2cccc(NC(=O)/C(=C/c3ccccc3F)NC(=O)c3ccccc3)c2)c(C)c1. The predicted molar refractivity (Wildman–Crippen MR) is 163 cm³/mol. The molecule has 4 aromatic rings. The third-order valence-corrected chi connectivity index (χ3v) is 7.24. The Hall–Kier alpha value is -4.69. The largest absolute Gasteiger partial charge is 0.325 e. The van der Waals surface area contributed by atoms with E-state index in [4.69, 9.17) is 0 Å². The van der Waals surface area contributed by atoms with E-state index in [1.807, 2.05) is 45.0 Å². The number of carbonyl (C=O) groups excluding carboxylic acids is 3. The van der Waals surface area contributed by atoms with Gasteiger partial charge in [-0.15, -0.1) is 11.8 Å². The summed E-state index contributed by atoms with van der Waals surface area (Å²) in [4.78, 5) is 39.7. The van der Waals surface area contributed by atoms with E-state index in [9.17, 15) is 18.8 Å². The highest BCUT2D eigenvalue weighted by atomic mass is 32.2. The van der Waals surface area contributed by atoms with Crippen LogP contribution in [0, 0.1) is 19.7 Å². The number of rotatable bonds is 9. The van der Waals surface area contributed by atoms with Crippen LogP contribution in [0.25, 0.3) is 6.08 Å². The molecule has 0 fully saturated rings. The monoisotopic (exact) mass is 567 g/mol. The highest BCUT2D eigenvalue weighted by molar-refractivity contribution is 8.00. The fourth-order valence-corrected chi connectivity index (χ4v) is 4.91. The lowest BCUT2D eigenvalue weighted by Crippen LogP contribution is -2.30. The lowest BCUT2D eigenvalue weighted by atomic mass is 10.1. The summed E-state index contributed by atoms with van der Waals surface area (Å²) in [6.45, 7) is 5.76. The Morgan fingerprint density at radius 3 is 2.29 bits per heavy atom. The van der Waals surface area contributed by atoms with Gasteiger partial charge in [-0.3, -0.25) is 14.4 Å². The topological polar surface area (TPSA) is 87.3 Å². The minimum atomic E-state index is -0.625. The van der Waals surface area contributed by atoms with Crippen molar-refractivity contribution in [2.45, 2.75) is 30.9 Å². The smallest absolute Gasteiger partial charge is 0.272 e. The van der Waals surface area contributed by atoms with Crippen LogP contribution >= 0.6 is 11.8 Å². The summed E-state index contributed by atoms with van der Waals surface area (Å²) in [5, 5.41) is 7.94. The molecule has 0 aliphatic carbocycles. The third kappa shape index (κ3) is 8.16. The maximum Gasteiger partial charge on any atom is 0.272 e. The van der Waals surface area contributed by atoms with Gasteiger partial charge in [0.25, 0.3) is 11.8 Å². The van der Waals surface area contributed by atoms with E-state index in [-0.39, 0.29) is 17.2 Å². The molecule has 4 aromatic carbocycles. The highest BCUT2D eigenvalue weighted by Gasteiger charge is 2.18. The number of carbonyl (C=O) groups is 3. The molecule has 0 aliphatic heterocycles. The van der Waals surface area contributed by atoms with Crippen molar-refractivity contribution in [1.29, 1.82) is 0 Å². The second-order valence-electron chi connectivity index (χ2n) is 9.45. The molecule has 0 spiro atoms. The number of benzene rings is 4. The Balaban J connectivity index is 1.48. The average molecular weight is 568 g/mol. The lowest BCUT2D eigenvalue weighted by Gasteiger charge is -2.15. The quantitative estimate of drug-likeness (QED) is 0.151. The number of nitrogens with one attached hydrogen (secondary N) is 3. The van der Waals surface area contributed by atoms with E-state index < -0.39 is 22.9 Å². The Morgan fingerprint density at radius 1 is 0.829 bits per heavy atom. The van der Waals surface area contributed by atoms with Crippen molar-refractivity contribution in [3.63, 3.8) is 0 Å². The number of amides is 3. The second-order valence-corrected chi connectivity index (χ2v) is 10.9. The summed E-state index contributed by atoms with van der Waals surface area (Å²) in [6, 6.07) is 27.3. The minimum absolute atomic E-state index is 0.122. The molecular formula is C33H30FN3O3S. The molecular weight excluding hydrogens is 537 g/mol. The van der Waals surface area contributed by atoms with Crippen molar-refractivity contribution in [1.82, 2.24) is 5.32 Å². The molecule has 0 saturated carbocycles. The fourth-order valence-electron chi connectivity index (χ4n) is 3.98. The molecule has 1 atom stereocenters. The van der Waals surface area contributed by atoms with Crippen molar-refractivity contribution >= 4 is 46.9 Å². The van der Waals surface area contributed by atoms with E-state index in [1.54, 1.807) is 60.7 Å². The zero-order valence-corrected chi connectivity index (χ0v) is 23.7. The van der Waals surface area contributed by atoms with E-state index in [2.05, 4.69) is 16.0 Å². The normalized spacial score (nSPS) is 11.9. The van der Waals surface area contributed by atoms with Gasteiger partial charge in [-0.05, 0) is 74.9 Å². The molecule has 3 N–H and O–H groups in total. The van der Waals surface area contributed by atoms with Crippen LogP contribution in [0.2, 0.25) is 0 Å². The fraction of sp³-hybridized carbons (Fsp3) is 0.121. The van der Waals surface area contributed by atoms with E-state index >= 15 is 0 Å². The van der Waals surface area contributed by atoms with Crippen LogP contribution in [-0.4, -0.2) is 23.0 Å². The van der Waals surface area contributed by atoms with Gasteiger partial charge in [-0.25, -0.2) is 4.39 Å². The van der Waals surface area contributed by atoms with E-state index in [0.29, 0.717) is 11.3 Å². The van der Waals surface area contributed by atoms with Crippen molar-refractivity contribution in [3.8, 4) is 0 Å². The van der Waals surface area contributed by atoms with Gasteiger partial charge in [0.05, 0.1) is 5.25 Å². The van der Waals surface area contributed by atoms with Gasteiger partial charge >= 0.3 is 0 Å². The standard InChI is InChI=1S/C33H30FN3O3S/c1-21-16-17-29(22(2)18-21)36-31(38)23(3)41-27-14-9-13-26(20-27)35-33(40)30(19-25-12-7-8-15-28(25)34)37-32(39)24-10-5-4-6-11-24/h4-20,23H,1-3H3,(H,35,40)(H,36,38)(H,37,39)/b30-19-. The van der Waals surface area contributed by atoms with Crippen LogP contribution in [0.3, 0.4) is 0 Å². The summed E-state index contributed by atoms with van der Waals surface area (Å²) in [5.41, 5.74) is 3.71. The van der Waals surface area contributed by atoms with Gasteiger partial charge in [0.2, 0.25) is 5.91 Å². The predicted octanol–water partition coefficient (Wildman–Crippen LogP) is 6.97. The molecule has 0 aromatic heterocycles. The number of anilines is 2. The summed E-state index contributed by atoms with van der Waals surface area (Å²) in [6.07, 6.45) is 1.30. The Bertz CT molecular complexity index is 1600. The molecule has 3 amide bonds. The van der Waals surface area contributed by atoms with Crippen molar-refractivity contribution in [3.05, 3.63) is 131 Å². The Labute approximate surface area is 243 Å². The van der Waals surface area contributed by atoms with Gasteiger partial charge in [0, 0.05) is 27.4 Å². The third-order valence-electron chi connectivity index (χ3n) is 6.15. The summed E-state index contributed by atoms with van der Waals surface area (Å²) in [5.74, 6) is -1.80. The van der Waals surface area contributed by atoms with Crippen LogP contribution in [0.1, 0.15) is 34.0 Å². The van der Waals surface area contributed by atoms with Gasteiger partial charge in [0.15, 0.2) is 0 Å². The summed E-state index contributed by atoms with van der Waals surface area (Å²) < 4.78 is 14.4. The van der Waals surface area contributed by atoms with E-state index in [1.165, 1.54) is 30.0 Å². The first kappa shape index (κ1) is 29.3. The van der Waals surface area contributed by atoms with Crippen molar-refractivity contribution < 1.29 is 18.8 Å². The van der Waals surface area contributed by atoms with Crippen molar-refractivity contribution in [2.75, 3.05) is 10.6 Å². The average Bonchev–Trinajstić information content (AvgIpc) is 2.95. The zero-order valence-electron chi connectivity index (χ0n) is 22.9. The number of halogens is 1. The molecule has 0 saturated heterocycles. The molecule has 6 nitrogen and oxygen atoms in total. The van der Waals surface area contributed by atoms with E-state index in [0.717, 1.165) is 21.7 Å². The number of hydrogen-bond donors (Lipinski definition) is 3. The molecule has 0 bridgehead atoms. The highest BCUT2D eigenvalue weighted by Crippen LogP contribution is 2.27. The summed E-state index contributed by atoms with van der Waals surface area (Å²) in [7, 11) is 0. The first-order chi connectivity index (χ1) is 19.7. The molecule has 41 heavy (non-hydrogen) atoms. The Morgan fingerprint density at radius 2 is 1.56 bits per heavy atom. The summed E-state index contributed by atoms with van der Waals surface area (Å²) >= 11 is 1.34. The first-order valence-corrected chi connectivity index (χ1v) is 13.9. The van der Waals surface area contributed by atoms with Crippen LogP contribution < -0.4 is 16.0 Å². The number of thioether (sulfide) groups is 1. The van der Waals surface area contributed by atoms with Gasteiger partial charge < -0.3 is 16.0 Å². The van der Waals surface area contributed by atoms with Crippen LogP contribution in [0.5, 0.6) is 0 Å².